The lowest BCUT2D eigenvalue weighted by Crippen LogP contribution is -2.28. The summed E-state index contributed by atoms with van der Waals surface area (Å²) in [6.45, 7) is 6.02. The fraction of sp³-hybridized carbons (Fsp3) is 0.312. The molecule has 1 atom stereocenters. The van der Waals surface area contributed by atoms with Crippen molar-refractivity contribution in [2.75, 3.05) is 5.73 Å². The van der Waals surface area contributed by atoms with Gasteiger partial charge >= 0.3 is 0 Å². The number of rotatable bonds is 4. The number of aromatic nitrogens is 1. The lowest BCUT2D eigenvalue weighted by Gasteiger charge is -2.17. The van der Waals surface area contributed by atoms with Crippen LogP contribution in [0.4, 0.5) is 5.69 Å². The molecule has 4 heteroatoms. The van der Waals surface area contributed by atoms with Crippen molar-refractivity contribution in [3.05, 3.63) is 53.9 Å². The van der Waals surface area contributed by atoms with Crippen LogP contribution in [-0.4, -0.2) is 10.5 Å². The van der Waals surface area contributed by atoms with Gasteiger partial charge in [0.05, 0.1) is 11.7 Å². The summed E-state index contributed by atoms with van der Waals surface area (Å²) in [6.07, 6.45) is 1.80. The molecule has 1 aromatic carbocycles. The first-order valence-corrected chi connectivity index (χ1v) is 6.82. The van der Waals surface area contributed by atoms with E-state index in [-0.39, 0.29) is 18.0 Å². The molecule has 3 N–H and O–H groups in total. The van der Waals surface area contributed by atoms with Gasteiger partial charge in [0.25, 0.3) is 5.91 Å². The summed E-state index contributed by atoms with van der Waals surface area (Å²) in [7, 11) is 0. The van der Waals surface area contributed by atoms with Crippen molar-refractivity contribution in [1.82, 2.24) is 9.88 Å². The van der Waals surface area contributed by atoms with E-state index in [4.69, 9.17) is 5.73 Å². The third kappa shape index (κ3) is 3.02. The first-order valence-electron chi connectivity index (χ1n) is 6.82. The van der Waals surface area contributed by atoms with Crippen LogP contribution < -0.4 is 11.1 Å². The molecule has 20 heavy (non-hydrogen) atoms. The minimum absolute atomic E-state index is 0.0413. The zero-order chi connectivity index (χ0) is 14.7. The summed E-state index contributed by atoms with van der Waals surface area (Å²) in [5, 5.41) is 3.01. The monoisotopic (exact) mass is 271 g/mol. The molecule has 0 saturated heterocycles. The van der Waals surface area contributed by atoms with Crippen LogP contribution in [0.3, 0.4) is 0 Å². The molecule has 2 rings (SSSR count). The molecule has 0 spiro atoms. The van der Waals surface area contributed by atoms with Gasteiger partial charge in [-0.05, 0) is 32.4 Å². The van der Waals surface area contributed by atoms with Gasteiger partial charge in [-0.2, -0.15) is 0 Å². The van der Waals surface area contributed by atoms with Crippen LogP contribution in [-0.2, 0) is 0 Å². The van der Waals surface area contributed by atoms with Gasteiger partial charge in [-0.1, -0.05) is 30.3 Å². The second-order valence-electron chi connectivity index (χ2n) is 5.27. The number of amides is 1. The van der Waals surface area contributed by atoms with E-state index in [1.54, 1.807) is 12.3 Å². The normalized spacial score (nSPS) is 12.4. The van der Waals surface area contributed by atoms with E-state index >= 15 is 0 Å². The zero-order valence-electron chi connectivity index (χ0n) is 12.1. The first-order chi connectivity index (χ1) is 9.49. The van der Waals surface area contributed by atoms with E-state index in [0.29, 0.717) is 11.4 Å². The number of nitrogen functional groups attached to an aromatic ring is 1. The van der Waals surface area contributed by atoms with Gasteiger partial charge in [0, 0.05) is 12.2 Å². The SMILES string of the molecule is CC(C)n1cc(N)cc1C(=O)N[C@H](C)c1ccccc1. The molecule has 0 fully saturated rings. The molecule has 0 radical (unpaired) electrons. The second-order valence-corrected chi connectivity index (χ2v) is 5.27. The van der Waals surface area contributed by atoms with Crippen molar-refractivity contribution in [2.45, 2.75) is 32.9 Å². The molecule has 0 saturated carbocycles. The van der Waals surface area contributed by atoms with Crippen LogP contribution in [0.25, 0.3) is 0 Å². The molecule has 1 amide bonds. The Balaban J connectivity index is 2.16. The van der Waals surface area contributed by atoms with E-state index in [0.717, 1.165) is 5.56 Å². The maximum Gasteiger partial charge on any atom is 0.268 e. The Hall–Kier alpha value is -2.23. The molecule has 1 heterocycles. The van der Waals surface area contributed by atoms with E-state index < -0.39 is 0 Å². The Morgan fingerprint density at radius 2 is 1.85 bits per heavy atom. The number of hydrogen-bond donors (Lipinski definition) is 2. The van der Waals surface area contributed by atoms with Crippen LogP contribution in [0.2, 0.25) is 0 Å². The molecule has 1 aromatic heterocycles. The fourth-order valence-electron chi connectivity index (χ4n) is 2.21. The van der Waals surface area contributed by atoms with Gasteiger partial charge in [0.2, 0.25) is 0 Å². The lowest BCUT2D eigenvalue weighted by atomic mass is 10.1. The fourth-order valence-corrected chi connectivity index (χ4v) is 2.21. The Kier molecular flexibility index (Phi) is 4.13. The topological polar surface area (TPSA) is 60.0 Å². The number of carbonyl (C=O) groups excluding carboxylic acids is 1. The number of carbonyl (C=O) groups is 1. The number of nitrogens with zero attached hydrogens (tertiary/aromatic N) is 1. The number of hydrogen-bond acceptors (Lipinski definition) is 2. The average Bonchev–Trinajstić information content (AvgIpc) is 2.82. The van der Waals surface area contributed by atoms with Crippen molar-refractivity contribution < 1.29 is 4.79 Å². The molecule has 0 aliphatic rings. The predicted molar refractivity (Wildman–Crippen MR) is 81.6 cm³/mol. The Morgan fingerprint density at radius 3 is 2.45 bits per heavy atom. The summed E-state index contributed by atoms with van der Waals surface area (Å²) in [4.78, 5) is 12.4. The summed E-state index contributed by atoms with van der Waals surface area (Å²) >= 11 is 0. The summed E-state index contributed by atoms with van der Waals surface area (Å²) in [5.41, 5.74) is 8.08. The maximum atomic E-state index is 12.4. The number of nitrogens with one attached hydrogen (secondary N) is 1. The smallest absolute Gasteiger partial charge is 0.268 e. The van der Waals surface area contributed by atoms with Gasteiger partial charge in [-0.25, -0.2) is 0 Å². The molecular weight excluding hydrogens is 250 g/mol. The summed E-state index contributed by atoms with van der Waals surface area (Å²) in [5.74, 6) is -0.105. The van der Waals surface area contributed by atoms with Crippen molar-refractivity contribution >= 4 is 11.6 Å². The van der Waals surface area contributed by atoms with E-state index in [2.05, 4.69) is 5.32 Å². The lowest BCUT2D eigenvalue weighted by molar-refractivity contribution is 0.0929. The highest BCUT2D eigenvalue weighted by atomic mass is 16.2. The highest BCUT2D eigenvalue weighted by Gasteiger charge is 2.17. The van der Waals surface area contributed by atoms with Gasteiger partial charge in [-0.15, -0.1) is 0 Å². The van der Waals surface area contributed by atoms with Gasteiger partial charge in [0.1, 0.15) is 5.69 Å². The van der Waals surface area contributed by atoms with Crippen LogP contribution in [0, 0.1) is 0 Å². The Bertz CT molecular complexity index is 587. The van der Waals surface area contributed by atoms with Crippen LogP contribution >= 0.6 is 0 Å². The van der Waals surface area contributed by atoms with Crippen LogP contribution in [0.15, 0.2) is 42.6 Å². The maximum absolute atomic E-state index is 12.4. The standard InChI is InChI=1S/C16H21N3O/c1-11(2)19-10-14(17)9-15(19)16(20)18-12(3)13-7-5-4-6-8-13/h4-12H,17H2,1-3H3,(H,18,20)/t12-/m1/s1. The second kappa shape index (κ2) is 5.82. The van der Waals surface area contributed by atoms with Crippen molar-refractivity contribution in [2.24, 2.45) is 0 Å². The highest BCUT2D eigenvalue weighted by Crippen LogP contribution is 2.18. The highest BCUT2D eigenvalue weighted by molar-refractivity contribution is 5.94. The van der Waals surface area contributed by atoms with Crippen molar-refractivity contribution in [3.63, 3.8) is 0 Å². The predicted octanol–water partition coefficient (Wildman–Crippen LogP) is 3.14. The summed E-state index contributed by atoms with van der Waals surface area (Å²) < 4.78 is 1.89. The van der Waals surface area contributed by atoms with Gasteiger partial charge < -0.3 is 15.6 Å². The number of nitrogens with two attached hydrogens (primary N) is 1. The third-order valence-corrected chi connectivity index (χ3v) is 3.31. The van der Waals surface area contributed by atoms with Crippen molar-refractivity contribution in [3.8, 4) is 0 Å². The average molecular weight is 271 g/mol. The molecule has 2 aromatic rings. The molecule has 0 unspecified atom stereocenters. The van der Waals surface area contributed by atoms with E-state index in [1.165, 1.54) is 0 Å². The molecular formula is C16H21N3O. The molecule has 106 valence electrons. The van der Waals surface area contributed by atoms with E-state index in [9.17, 15) is 4.79 Å². The zero-order valence-corrected chi connectivity index (χ0v) is 12.1. The number of anilines is 1. The van der Waals surface area contributed by atoms with Crippen molar-refractivity contribution in [1.29, 1.82) is 0 Å². The number of benzene rings is 1. The van der Waals surface area contributed by atoms with Gasteiger partial charge in [0.15, 0.2) is 0 Å². The third-order valence-electron chi connectivity index (χ3n) is 3.31. The van der Waals surface area contributed by atoms with Crippen LogP contribution in [0.1, 0.15) is 48.9 Å². The molecule has 0 bridgehead atoms. The molecule has 0 aliphatic carbocycles. The van der Waals surface area contributed by atoms with Crippen LogP contribution in [0.5, 0.6) is 0 Å². The molecule has 4 nitrogen and oxygen atoms in total. The van der Waals surface area contributed by atoms with Gasteiger partial charge in [-0.3, -0.25) is 4.79 Å². The Labute approximate surface area is 119 Å². The minimum Gasteiger partial charge on any atom is -0.397 e. The first kappa shape index (κ1) is 14.2. The molecule has 0 aliphatic heterocycles. The Morgan fingerprint density at radius 1 is 1.20 bits per heavy atom. The largest absolute Gasteiger partial charge is 0.397 e. The summed E-state index contributed by atoms with van der Waals surface area (Å²) in [6, 6.07) is 11.8. The quantitative estimate of drug-likeness (QED) is 0.897. The minimum atomic E-state index is -0.105. The van der Waals surface area contributed by atoms with E-state index in [1.807, 2.05) is 55.7 Å².